The highest BCUT2D eigenvalue weighted by atomic mass is 79.9. The minimum atomic E-state index is -0.599. The molecule has 8 nitrogen and oxygen atoms in total. The summed E-state index contributed by atoms with van der Waals surface area (Å²) in [6, 6.07) is 10.3. The summed E-state index contributed by atoms with van der Waals surface area (Å²) < 4.78 is 12.9. The van der Waals surface area contributed by atoms with Crippen LogP contribution in [0.4, 0.5) is 0 Å². The Hall–Kier alpha value is -2.76. The summed E-state index contributed by atoms with van der Waals surface area (Å²) in [6.07, 6.45) is 1.54. The molecule has 3 N–H and O–H groups in total. The number of esters is 1. The summed E-state index contributed by atoms with van der Waals surface area (Å²) in [5.74, 6) is -0.476. The first kappa shape index (κ1) is 26.8. The maximum absolute atomic E-state index is 12.6. The average Bonchev–Trinajstić information content (AvgIpc) is 2.81. The van der Waals surface area contributed by atoms with E-state index in [1.165, 1.54) is 0 Å². The van der Waals surface area contributed by atoms with Crippen LogP contribution in [-0.4, -0.2) is 36.4 Å². The zero-order valence-electron chi connectivity index (χ0n) is 19.3. The number of hydrazone groups is 1. The van der Waals surface area contributed by atoms with Gasteiger partial charge in [-0.1, -0.05) is 50.1 Å². The van der Waals surface area contributed by atoms with E-state index in [1.807, 2.05) is 25.1 Å². The highest BCUT2D eigenvalue weighted by Crippen LogP contribution is 2.33. The Morgan fingerprint density at radius 1 is 1.20 bits per heavy atom. The van der Waals surface area contributed by atoms with Crippen LogP contribution >= 0.6 is 44.1 Å². The number of nitrogens with zero attached hydrogens (tertiary/aromatic N) is 1. The SMILES string of the molecule is CCOC(=O)C1=C(C)NC(=S)N[C@@H]1c1ccccc1OCC(=O)NN=Cc1cc(Br)c(C)c(Br)c1. The Morgan fingerprint density at radius 3 is 2.57 bits per heavy atom. The number of amides is 1. The third-order valence-electron chi connectivity index (χ3n) is 5.06. The van der Waals surface area contributed by atoms with Crippen LogP contribution in [0.25, 0.3) is 0 Å². The highest BCUT2D eigenvalue weighted by Gasteiger charge is 2.32. The fraction of sp³-hybridized carbons (Fsp3) is 0.250. The molecule has 0 saturated heterocycles. The number of halogens is 2. The third kappa shape index (κ3) is 6.89. The van der Waals surface area contributed by atoms with Crippen molar-refractivity contribution in [3.8, 4) is 5.75 Å². The van der Waals surface area contributed by atoms with E-state index in [-0.39, 0.29) is 13.2 Å². The van der Waals surface area contributed by atoms with E-state index in [1.54, 1.807) is 38.3 Å². The van der Waals surface area contributed by atoms with Gasteiger partial charge in [-0.2, -0.15) is 5.10 Å². The molecule has 1 atom stereocenters. The summed E-state index contributed by atoms with van der Waals surface area (Å²) in [5.41, 5.74) is 5.96. The second-order valence-corrected chi connectivity index (χ2v) is 9.64. The number of para-hydroxylation sites is 1. The van der Waals surface area contributed by atoms with Gasteiger partial charge in [-0.05, 0) is 62.3 Å². The van der Waals surface area contributed by atoms with Gasteiger partial charge >= 0.3 is 5.97 Å². The molecule has 2 aromatic carbocycles. The summed E-state index contributed by atoms with van der Waals surface area (Å²) in [4.78, 5) is 25.0. The number of rotatable bonds is 8. The summed E-state index contributed by atoms with van der Waals surface area (Å²) in [5, 5.41) is 10.4. The molecule has 1 amide bonds. The molecule has 0 aromatic heterocycles. The summed E-state index contributed by atoms with van der Waals surface area (Å²) in [6.45, 7) is 5.44. The largest absolute Gasteiger partial charge is 0.483 e. The number of carbonyl (C=O) groups is 2. The molecule has 0 aliphatic carbocycles. The van der Waals surface area contributed by atoms with Crippen molar-refractivity contribution in [3.63, 3.8) is 0 Å². The summed E-state index contributed by atoms with van der Waals surface area (Å²) >= 11 is 12.3. The van der Waals surface area contributed by atoms with Gasteiger partial charge in [0.05, 0.1) is 24.4 Å². The number of carbonyl (C=O) groups excluding carboxylic acids is 2. The maximum atomic E-state index is 12.6. The Morgan fingerprint density at radius 2 is 1.89 bits per heavy atom. The number of nitrogens with one attached hydrogen (secondary N) is 3. The lowest BCUT2D eigenvalue weighted by molar-refractivity contribution is -0.139. The lowest BCUT2D eigenvalue weighted by atomic mass is 9.95. The van der Waals surface area contributed by atoms with Crippen LogP contribution in [0.15, 0.2) is 61.7 Å². The maximum Gasteiger partial charge on any atom is 0.338 e. The average molecular weight is 624 g/mol. The molecular formula is C24H24Br2N4O4S. The monoisotopic (exact) mass is 622 g/mol. The normalized spacial score (nSPS) is 15.5. The van der Waals surface area contributed by atoms with Crippen molar-refractivity contribution in [2.24, 2.45) is 5.10 Å². The van der Waals surface area contributed by atoms with Crippen LogP contribution < -0.4 is 20.8 Å². The van der Waals surface area contributed by atoms with Gasteiger partial charge in [0.15, 0.2) is 11.7 Å². The second-order valence-electron chi connectivity index (χ2n) is 7.52. The smallest absolute Gasteiger partial charge is 0.338 e. The molecule has 35 heavy (non-hydrogen) atoms. The predicted octanol–water partition coefficient (Wildman–Crippen LogP) is 4.41. The van der Waals surface area contributed by atoms with Crippen molar-refractivity contribution in [3.05, 3.63) is 73.3 Å². The minimum absolute atomic E-state index is 0.238. The molecule has 11 heteroatoms. The quantitative estimate of drug-likeness (QED) is 0.173. The van der Waals surface area contributed by atoms with Gasteiger partial charge in [0.1, 0.15) is 5.75 Å². The van der Waals surface area contributed by atoms with Crippen molar-refractivity contribution in [2.75, 3.05) is 13.2 Å². The first-order valence-corrected chi connectivity index (χ1v) is 12.6. The van der Waals surface area contributed by atoms with Crippen LogP contribution in [0.1, 0.15) is 36.6 Å². The Kier molecular flexibility index (Phi) is 9.41. The number of benzene rings is 2. The van der Waals surface area contributed by atoms with Gasteiger partial charge in [0, 0.05) is 20.2 Å². The zero-order chi connectivity index (χ0) is 25.5. The zero-order valence-corrected chi connectivity index (χ0v) is 23.3. The van der Waals surface area contributed by atoms with Crippen LogP contribution in [0.3, 0.4) is 0 Å². The van der Waals surface area contributed by atoms with Gasteiger partial charge in [-0.25, -0.2) is 10.2 Å². The molecule has 1 aliphatic heterocycles. The fourth-order valence-corrected chi connectivity index (χ4v) is 4.84. The molecule has 184 valence electrons. The van der Waals surface area contributed by atoms with Gasteiger partial charge in [-0.15, -0.1) is 0 Å². The standard InChI is InChI=1S/C24H24Br2N4O4S/c1-4-33-23(32)21-14(3)28-24(35)29-22(21)16-7-5-6-8-19(16)34-12-20(31)30-27-11-15-9-17(25)13(2)18(26)10-15/h5-11,22H,4,12H2,1-3H3,(H,30,31)(H2,28,29,35)/t22-/m1/s1. The van der Waals surface area contributed by atoms with Crippen LogP contribution in [0, 0.1) is 6.92 Å². The molecule has 0 fully saturated rings. The van der Waals surface area contributed by atoms with Crippen molar-refractivity contribution >= 4 is 67.3 Å². The lowest BCUT2D eigenvalue weighted by Crippen LogP contribution is -2.45. The fourth-order valence-electron chi connectivity index (χ4n) is 3.35. The number of ether oxygens (including phenoxy) is 2. The Bertz CT molecular complexity index is 1190. The van der Waals surface area contributed by atoms with E-state index in [0.717, 1.165) is 20.1 Å². The molecule has 2 aromatic rings. The van der Waals surface area contributed by atoms with E-state index < -0.39 is 17.9 Å². The van der Waals surface area contributed by atoms with E-state index >= 15 is 0 Å². The Balaban J connectivity index is 1.71. The van der Waals surface area contributed by atoms with E-state index in [9.17, 15) is 9.59 Å². The number of allylic oxidation sites excluding steroid dienone is 1. The van der Waals surface area contributed by atoms with Crippen molar-refractivity contribution in [2.45, 2.75) is 26.8 Å². The molecule has 0 saturated carbocycles. The first-order chi connectivity index (χ1) is 16.7. The molecule has 1 aliphatic rings. The highest BCUT2D eigenvalue weighted by molar-refractivity contribution is 9.11. The van der Waals surface area contributed by atoms with Crippen molar-refractivity contribution in [1.82, 2.24) is 16.1 Å². The molecule has 0 radical (unpaired) electrons. The number of hydrogen-bond donors (Lipinski definition) is 3. The first-order valence-electron chi connectivity index (χ1n) is 10.7. The van der Waals surface area contributed by atoms with Gasteiger partial charge in [-0.3, -0.25) is 4.79 Å². The van der Waals surface area contributed by atoms with Crippen molar-refractivity contribution in [1.29, 1.82) is 0 Å². The molecule has 1 heterocycles. The van der Waals surface area contributed by atoms with E-state index in [0.29, 0.717) is 27.7 Å². The van der Waals surface area contributed by atoms with Crippen LogP contribution in [0.2, 0.25) is 0 Å². The van der Waals surface area contributed by atoms with E-state index in [2.05, 4.69) is 53.0 Å². The Labute approximate surface area is 225 Å². The minimum Gasteiger partial charge on any atom is -0.483 e. The second kappa shape index (κ2) is 12.3. The molecule has 0 bridgehead atoms. The van der Waals surface area contributed by atoms with E-state index in [4.69, 9.17) is 21.7 Å². The van der Waals surface area contributed by atoms with Crippen LogP contribution in [-0.2, 0) is 14.3 Å². The molecule has 0 unspecified atom stereocenters. The third-order valence-corrected chi connectivity index (χ3v) is 6.93. The number of thiocarbonyl (C=S) groups is 1. The van der Waals surface area contributed by atoms with Gasteiger partial charge in [0.2, 0.25) is 0 Å². The molecule has 0 spiro atoms. The molecule has 3 rings (SSSR count). The van der Waals surface area contributed by atoms with Crippen molar-refractivity contribution < 1.29 is 19.1 Å². The number of hydrogen-bond acceptors (Lipinski definition) is 6. The van der Waals surface area contributed by atoms with Crippen LogP contribution in [0.5, 0.6) is 5.75 Å². The lowest BCUT2D eigenvalue weighted by Gasteiger charge is -2.30. The topological polar surface area (TPSA) is 101 Å². The van der Waals surface area contributed by atoms with Gasteiger partial charge in [0.25, 0.3) is 5.91 Å². The predicted molar refractivity (Wildman–Crippen MR) is 145 cm³/mol. The summed E-state index contributed by atoms with van der Waals surface area (Å²) in [7, 11) is 0. The van der Waals surface area contributed by atoms with Gasteiger partial charge < -0.3 is 20.1 Å². The molecular weight excluding hydrogens is 600 g/mol.